The lowest BCUT2D eigenvalue weighted by molar-refractivity contribution is -0.384. The van der Waals surface area contributed by atoms with Crippen molar-refractivity contribution in [2.45, 2.75) is 31.3 Å². The highest BCUT2D eigenvalue weighted by molar-refractivity contribution is 5.75. The number of nitro benzene ring substituents is 1. The Labute approximate surface area is 179 Å². The molecule has 0 aliphatic carbocycles. The number of benzene rings is 2. The van der Waals surface area contributed by atoms with Gasteiger partial charge in [0.25, 0.3) is 5.69 Å². The molecule has 3 rings (SSSR count). The molecule has 1 saturated heterocycles. The Morgan fingerprint density at radius 1 is 1.16 bits per heavy atom. The van der Waals surface area contributed by atoms with Crippen LogP contribution in [0.25, 0.3) is 12.2 Å². The van der Waals surface area contributed by atoms with Crippen molar-refractivity contribution < 1.29 is 34.1 Å². The first-order chi connectivity index (χ1) is 14.9. The smallest absolute Gasteiger partial charge is 0.269 e. The zero-order valence-corrected chi connectivity index (χ0v) is 17.3. The van der Waals surface area contributed by atoms with Crippen LogP contribution in [0.4, 0.5) is 5.69 Å². The van der Waals surface area contributed by atoms with Crippen molar-refractivity contribution in [1.29, 1.82) is 0 Å². The second kappa shape index (κ2) is 10.3. The molecule has 3 unspecified atom stereocenters. The Hall–Kier alpha value is -3.14. The number of non-ortho nitro benzene ring substituents is 1. The molecule has 1 aliphatic rings. The van der Waals surface area contributed by atoms with Crippen molar-refractivity contribution in [2.75, 3.05) is 20.8 Å². The third-order valence-electron chi connectivity index (χ3n) is 4.87. The van der Waals surface area contributed by atoms with E-state index in [4.69, 9.17) is 18.9 Å². The van der Waals surface area contributed by atoms with Crippen LogP contribution in [0.1, 0.15) is 24.0 Å². The average Bonchev–Trinajstić information content (AvgIpc) is 2.77. The number of rotatable bonds is 8. The van der Waals surface area contributed by atoms with Gasteiger partial charge in [-0.2, -0.15) is 0 Å². The third-order valence-corrected chi connectivity index (χ3v) is 4.87. The van der Waals surface area contributed by atoms with Crippen molar-refractivity contribution in [2.24, 2.45) is 0 Å². The van der Waals surface area contributed by atoms with Gasteiger partial charge in [0.05, 0.1) is 38.0 Å². The third kappa shape index (κ3) is 5.72. The summed E-state index contributed by atoms with van der Waals surface area (Å²) < 4.78 is 22.5. The quantitative estimate of drug-likeness (QED) is 0.372. The first-order valence-corrected chi connectivity index (χ1v) is 9.73. The molecule has 9 nitrogen and oxygen atoms in total. The normalized spacial score (nSPS) is 21.1. The first-order valence-electron chi connectivity index (χ1n) is 9.73. The van der Waals surface area contributed by atoms with Crippen LogP contribution < -0.4 is 14.2 Å². The monoisotopic (exact) mass is 431 g/mol. The van der Waals surface area contributed by atoms with Gasteiger partial charge >= 0.3 is 0 Å². The van der Waals surface area contributed by atoms with Crippen molar-refractivity contribution in [1.82, 2.24) is 0 Å². The minimum atomic E-state index is -0.769. The SMILES string of the molecule is COc1cc(/C=C/c2ccc([N+](=O)[O-])cc2)c(OC2CC(O)CC(CO)O2)c(OC)c1. The molecule has 2 aromatic rings. The predicted octanol–water partition coefficient (Wildman–Crippen LogP) is 3.02. The molecule has 0 bridgehead atoms. The molecular weight excluding hydrogens is 406 g/mol. The first kappa shape index (κ1) is 22.5. The fourth-order valence-electron chi connectivity index (χ4n) is 3.28. The minimum Gasteiger partial charge on any atom is -0.497 e. The van der Waals surface area contributed by atoms with Crippen LogP contribution in [0, 0.1) is 10.1 Å². The summed E-state index contributed by atoms with van der Waals surface area (Å²) in [5, 5.41) is 30.3. The van der Waals surface area contributed by atoms with Gasteiger partial charge in [-0.05, 0) is 23.8 Å². The summed E-state index contributed by atoms with van der Waals surface area (Å²) >= 11 is 0. The fraction of sp³-hybridized carbons (Fsp3) is 0.364. The lowest BCUT2D eigenvalue weighted by atomic mass is 10.1. The van der Waals surface area contributed by atoms with E-state index in [-0.39, 0.29) is 18.7 Å². The lowest BCUT2D eigenvalue weighted by Gasteiger charge is -2.32. The van der Waals surface area contributed by atoms with Crippen LogP contribution >= 0.6 is 0 Å². The summed E-state index contributed by atoms with van der Waals surface area (Å²) in [6.07, 6.45) is 2.19. The maximum absolute atomic E-state index is 10.8. The molecule has 166 valence electrons. The highest BCUT2D eigenvalue weighted by Crippen LogP contribution is 2.39. The Balaban J connectivity index is 1.91. The number of ether oxygens (including phenoxy) is 4. The molecule has 9 heteroatoms. The summed E-state index contributed by atoms with van der Waals surface area (Å²) in [7, 11) is 3.03. The number of aliphatic hydroxyl groups excluding tert-OH is 2. The predicted molar refractivity (Wildman–Crippen MR) is 113 cm³/mol. The molecule has 0 aromatic heterocycles. The van der Waals surface area contributed by atoms with Gasteiger partial charge in [0.15, 0.2) is 11.5 Å². The molecule has 2 aromatic carbocycles. The fourth-order valence-corrected chi connectivity index (χ4v) is 3.28. The lowest BCUT2D eigenvalue weighted by Crippen LogP contribution is -2.40. The van der Waals surface area contributed by atoms with Crippen molar-refractivity contribution >= 4 is 17.8 Å². The van der Waals surface area contributed by atoms with E-state index in [1.807, 2.05) is 0 Å². The molecule has 3 atom stereocenters. The second-order valence-corrected chi connectivity index (χ2v) is 7.04. The van der Waals surface area contributed by atoms with Gasteiger partial charge in [-0.15, -0.1) is 0 Å². The molecule has 1 fully saturated rings. The Bertz CT molecular complexity index is 928. The summed E-state index contributed by atoms with van der Waals surface area (Å²) in [5.41, 5.74) is 1.39. The number of aliphatic hydroxyl groups is 2. The maximum atomic E-state index is 10.8. The van der Waals surface area contributed by atoms with E-state index >= 15 is 0 Å². The molecule has 0 spiro atoms. The standard InChI is InChI=1S/C22H25NO8/c1-28-18-9-15(6-3-14-4-7-16(8-5-14)23(26)27)22(20(12-18)29-2)31-21-11-17(25)10-19(13-24)30-21/h3-9,12,17,19,21,24-25H,10-11,13H2,1-2H3/b6-3+. The Kier molecular flexibility index (Phi) is 7.45. The number of nitro groups is 1. The average molecular weight is 431 g/mol. The number of nitrogens with zero attached hydrogens (tertiary/aromatic N) is 1. The van der Waals surface area contributed by atoms with E-state index in [2.05, 4.69) is 0 Å². The van der Waals surface area contributed by atoms with Crippen LogP contribution in [0.5, 0.6) is 17.2 Å². The Morgan fingerprint density at radius 3 is 2.52 bits per heavy atom. The van der Waals surface area contributed by atoms with Crippen LogP contribution in [0.2, 0.25) is 0 Å². The van der Waals surface area contributed by atoms with E-state index in [0.717, 1.165) is 5.56 Å². The number of hydrogen-bond donors (Lipinski definition) is 2. The molecule has 0 radical (unpaired) electrons. The topological polar surface area (TPSA) is 121 Å². The van der Waals surface area contributed by atoms with Gasteiger partial charge in [-0.25, -0.2) is 0 Å². The van der Waals surface area contributed by atoms with E-state index in [1.165, 1.54) is 26.4 Å². The van der Waals surface area contributed by atoms with E-state index in [0.29, 0.717) is 29.2 Å². The van der Waals surface area contributed by atoms with E-state index < -0.39 is 23.4 Å². The van der Waals surface area contributed by atoms with Crippen LogP contribution in [-0.2, 0) is 4.74 Å². The largest absolute Gasteiger partial charge is 0.497 e. The van der Waals surface area contributed by atoms with Gasteiger partial charge in [0, 0.05) is 36.6 Å². The highest BCUT2D eigenvalue weighted by atomic mass is 16.7. The van der Waals surface area contributed by atoms with Crippen LogP contribution in [0.15, 0.2) is 36.4 Å². The van der Waals surface area contributed by atoms with E-state index in [9.17, 15) is 20.3 Å². The van der Waals surface area contributed by atoms with Gasteiger partial charge < -0.3 is 29.2 Å². The number of methoxy groups -OCH3 is 2. The van der Waals surface area contributed by atoms with Crippen molar-refractivity contribution in [3.05, 3.63) is 57.6 Å². The molecule has 0 saturated carbocycles. The molecule has 1 aliphatic heterocycles. The number of hydrogen-bond acceptors (Lipinski definition) is 8. The van der Waals surface area contributed by atoms with Gasteiger partial charge in [-0.3, -0.25) is 10.1 Å². The van der Waals surface area contributed by atoms with Crippen molar-refractivity contribution in [3.8, 4) is 17.2 Å². The van der Waals surface area contributed by atoms with Gasteiger partial charge in [0.1, 0.15) is 5.75 Å². The maximum Gasteiger partial charge on any atom is 0.269 e. The second-order valence-electron chi connectivity index (χ2n) is 7.04. The molecule has 2 N–H and O–H groups in total. The zero-order valence-electron chi connectivity index (χ0n) is 17.3. The summed E-state index contributed by atoms with van der Waals surface area (Å²) in [5.74, 6) is 1.34. The molecule has 31 heavy (non-hydrogen) atoms. The van der Waals surface area contributed by atoms with Crippen molar-refractivity contribution in [3.63, 3.8) is 0 Å². The molecular formula is C22H25NO8. The Morgan fingerprint density at radius 2 is 1.90 bits per heavy atom. The van der Waals surface area contributed by atoms with Crippen LogP contribution in [-0.4, -0.2) is 54.5 Å². The van der Waals surface area contributed by atoms with Crippen LogP contribution in [0.3, 0.4) is 0 Å². The molecule has 1 heterocycles. The van der Waals surface area contributed by atoms with Gasteiger partial charge in [-0.1, -0.05) is 12.2 Å². The zero-order chi connectivity index (χ0) is 22.4. The minimum absolute atomic E-state index is 0.00987. The summed E-state index contributed by atoms with van der Waals surface area (Å²) in [6.45, 7) is -0.219. The van der Waals surface area contributed by atoms with E-state index in [1.54, 1.807) is 36.4 Å². The van der Waals surface area contributed by atoms with Gasteiger partial charge in [0.2, 0.25) is 6.29 Å². The summed E-state index contributed by atoms with van der Waals surface area (Å²) in [4.78, 5) is 10.4. The summed E-state index contributed by atoms with van der Waals surface area (Å²) in [6, 6.07) is 9.55. The highest BCUT2D eigenvalue weighted by Gasteiger charge is 2.30. The molecule has 0 amide bonds.